The minimum atomic E-state index is -0.0117. The minimum Gasteiger partial charge on any atom is -0.336 e. The quantitative estimate of drug-likeness (QED) is 0.729. The summed E-state index contributed by atoms with van der Waals surface area (Å²) in [5.41, 5.74) is 2.45. The highest BCUT2D eigenvalue weighted by atomic mass is 16.2. The van der Waals surface area contributed by atoms with Crippen LogP contribution in [0.1, 0.15) is 35.8 Å². The highest BCUT2D eigenvalue weighted by Gasteiger charge is 2.35. The van der Waals surface area contributed by atoms with Crippen LogP contribution in [0.5, 0.6) is 0 Å². The first-order valence-corrected chi connectivity index (χ1v) is 8.31. The highest BCUT2D eigenvalue weighted by molar-refractivity contribution is 5.93. The molecule has 0 N–H and O–H groups in total. The van der Waals surface area contributed by atoms with Gasteiger partial charge in [-0.05, 0) is 30.5 Å². The van der Waals surface area contributed by atoms with Crippen LogP contribution >= 0.6 is 0 Å². The van der Waals surface area contributed by atoms with Crippen molar-refractivity contribution in [1.82, 2.24) is 19.5 Å². The van der Waals surface area contributed by atoms with Crippen LogP contribution in [0.15, 0.2) is 54.9 Å². The summed E-state index contributed by atoms with van der Waals surface area (Å²) in [6.45, 7) is 3.74. The molecule has 1 saturated heterocycles. The number of amides is 1. The molecule has 0 aliphatic carbocycles. The molecular formula is C19H20N4O. The Labute approximate surface area is 140 Å². The molecule has 1 unspecified atom stereocenters. The number of aromatic nitrogens is 3. The zero-order valence-electron chi connectivity index (χ0n) is 13.7. The smallest absolute Gasteiger partial charge is 0.274 e. The summed E-state index contributed by atoms with van der Waals surface area (Å²) in [6.07, 6.45) is 5.50. The predicted molar refractivity (Wildman–Crippen MR) is 91.9 cm³/mol. The molecule has 1 aromatic carbocycles. The lowest BCUT2D eigenvalue weighted by Gasteiger charge is -2.40. The van der Waals surface area contributed by atoms with Crippen LogP contribution in [0.25, 0.3) is 5.65 Å². The van der Waals surface area contributed by atoms with Gasteiger partial charge in [0, 0.05) is 24.7 Å². The van der Waals surface area contributed by atoms with E-state index in [1.165, 1.54) is 5.56 Å². The van der Waals surface area contributed by atoms with Gasteiger partial charge < -0.3 is 4.90 Å². The third-order valence-corrected chi connectivity index (χ3v) is 4.91. The molecule has 122 valence electrons. The fraction of sp³-hybridized carbons (Fsp3) is 0.316. The van der Waals surface area contributed by atoms with Gasteiger partial charge in [-0.2, -0.15) is 5.10 Å². The molecule has 0 saturated carbocycles. The fourth-order valence-corrected chi connectivity index (χ4v) is 3.58. The van der Waals surface area contributed by atoms with Crippen LogP contribution in [-0.4, -0.2) is 38.5 Å². The summed E-state index contributed by atoms with van der Waals surface area (Å²) in [4.78, 5) is 19.3. The monoisotopic (exact) mass is 320 g/mol. The van der Waals surface area contributed by atoms with E-state index < -0.39 is 0 Å². The van der Waals surface area contributed by atoms with Gasteiger partial charge in [0.15, 0.2) is 5.65 Å². The number of hydrogen-bond acceptors (Lipinski definition) is 3. The first-order chi connectivity index (χ1) is 11.7. The lowest BCUT2D eigenvalue weighted by Crippen LogP contribution is -2.47. The molecule has 3 heterocycles. The zero-order chi connectivity index (χ0) is 16.6. The molecule has 0 spiro atoms. The van der Waals surface area contributed by atoms with Gasteiger partial charge in [-0.25, -0.2) is 9.50 Å². The number of carbonyl (C=O) groups is 1. The van der Waals surface area contributed by atoms with E-state index in [-0.39, 0.29) is 11.3 Å². The second kappa shape index (κ2) is 5.74. The SMILES string of the molecule is CC1(c2ccccc2)CCCN(C(=O)c2cn3ncccc3n2)C1. The first kappa shape index (κ1) is 14.9. The maximum atomic E-state index is 12.9. The average molecular weight is 320 g/mol. The normalized spacial score (nSPS) is 21.1. The number of carbonyl (C=O) groups excluding carboxylic acids is 1. The van der Waals surface area contributed by atoms with Crippen LogP contribution in [-0.2, 0) is 5.41 Å². The van der Waals surface area contributed by atoms with Gasteiger partial charge in [0.25, 0.3) is 5.91 Å². The average Bonchev–Trinajstić information content (AvgIpc) is 3.06. The lowest BCUT2D eigenvalue weighted by atomic mass is 9.76. The Morgan fingerprint density at radius 2 is 2.00 bits per heavy atom. The number of hydrogen-bond donors (Lipinski definition) is 0. The number of rotatable bonds is 2. The summed E-state index contributed by atoms with van der Waals surface area (Å²) in [6, 6.07) is 14.1. The Morgan fingerprint density at radius 3 is 2.79 bits per heavy atom. The van der Waals surface area contributed by atoms with E-state index in [2.05, 4.69) is 41.3 Å². The van der Waals surface area contributed by atoms with Crippen LogP contribution in [0.4, 0.5) is 0 Å². The van der Waals surface area contributed by atoms with Gasteiger partial charge in [0.05, 0.1) is 6.20 Å². The number of piperidine rings is 1. The second-order valence-electron chi connectivity index (χ2n) is 6.71. The van der Waals surface area contributed by atoms with Crippen molar-refractivity contribution in [2.75, 3.05) is 13.1 Å². The maximum Gasteiger partial charge on any atom is 0.274 e. The van der Waals surface area contributed by atoms with Gasteiger partial charge >= 0.3 is 0 Å². The molecule has 1 aliphatic heterocycles. The summed E-state index contributed by atoms with van der Waals surface area (Å²) in [5, 5.41) is 4.19. The molecule has 1 atom stereocenters. The summed E-state index contributed by atoms with van der Waals surface area (Å²) in [7, 11) is 0. The van der Waals surface area contributed by atoms with Gasteiger partial charge in [0.2, 0.25) is 0 Å². The largest absolute Gasteiger partial charge is 0.336 e. The Morgan fingerprint density at radius 1 is 1.17 bits per heavy atom. The van der Waals surface area contributed by atoms with E-state index in [1.54, 1.807) is 16.9 Å². The highest BCUT2D eigenvalue weighted by Crippen LogP contribution is 2.34. The molecule has 4 rings (SSSR count). The summed E-state index contributed by atoms with van der Waals surface area (Å²) in [5.74, 6) is -0.0117. The van der Waals surface area contributed by atoms with Crippen LogP contribution in [0.2, 0.25) is 0 Å². The Balaban J connectivity index is 1.60. The molecule has 5 nitrogen and oxygen atoms in total. The van der Waals surface area contributed by atoms with Crippen molar-refractivity contribution >= 4 is 11.6 Å². The van der Waals surface area contributed by atoms with Crippen LogP contribution < -0.4 is 0 Å². The van der Waals surface area contributed by atoms with Crippen molar-refractivity contribution in [1.29, 1.82) is 0 Å². The van der Waals surface area contributed by atoms with Gasteiger partial charge in [-0.3, -0.25) is 4.79 Å². The van der Waals surface area contributed by atoms with Crippen molar-refractivity contribution in [2.45, 2.75) is 25.2 Å². The number of nitrogens with zero attached hydrogens (tertiary/aromatic N) is 4. The summed E-state index contributed by atoms with van der Waals surface area (Å²) < 4.78 is 1.65. The second-order valence-corrected chi connectivity index (χ2v) is 6.71. The van der Waals surface area contributed by atoms with E-state index in [1.807, 2.05) is 23.1 Å². The van der Waals surface area contributed by atoms with Gasteiger partial charge in [-0.15, -0.1) is 0 Å². The molecule has 1 amide bonds. The molecular weight excluding hydrogens is 300 g/mol. The number of imidazole rings is 1. The Bertz CT molecular complexity index is 840. The number of likely N-dealkylation sites (tertiary alicyclic amines) is 1. The van der Waals surface area contributed by atoms with E-state index in [9.17, 15) is 4.79 Å². The molecule has 1 aliphatic rings. The van der Waals surface area contributed by atoms with Gasteiger partial charge in [0.1, 0.15) is 5.69 Å². The topological polar surface area (TPSA) is 50.5 Å². The zero-order valence-corrected chi connectivity index (χ0v) is 13.7. The van der Waals surface area contributed by atoms with Crippen molar-refractivity contribution in [3.8, 4) is 0 Å². The third kappa shape index (κ3) is 2.56. The number of benzene rings is 1. The molecule has 24 heavy (non-hydrogen) atoms. The fourth-order valence-electron chi connectivity index (χ4n) is 3.58. The van der Waals surface area contributed by atoms with Crippen LogP contribution in [0, 0.1) is 0 Å². The molecule has 3 aromatic rings. The number of fused-ring (bicyclic) bond motifs is 1. The Kier molecular flexibility index (Phi) is 3.56. The van der Waals surface area contributed by atoms with Crippen molar-refractivity contribution < 1.29 is 4.79 Å². The van der Waals surface area contributed by atoms with E-state index in [4.69, 9.17) is 0 Å². The predicted octanol–water partition coefficient (Wildman–Crippen LogP) is 2.92. The maximum absolute atomic E-state index is 12.9. The van der Waals surface area contributed by atoms with Crippen LogP contribution in [0.3, 0.4) is 0 Å². The van der Waals surface area contributed by atoms with E-state index in [0.717, 1.165) is 25.9 Å². The third-order valence-electron chi connectivity index (χ3n) is 4.91. The first-order valence-electron chi connectivity index (χ1n) is 8.31. The lowest BCUT2D eigenvalue weighted by molar-refractivity contribution is 0.0645. The van der Waals surface area contributed by atoms with Crippen molar-refractivity contribution in [2.24, 2.45) is 0 Å². The van der Waals surface area contributed by atoms with Crippen molar-refractivity contribution in [3.63, 3.8) is 0 Å². The molecule has 1 fully saturated rings. The molecule has 0 bridgehead atoms. The van der Waals surface area contributed by atoms with E-state index >= 15 is 0 Å². The Hall–Kier alpha value is -2.69. The van der Waals surface area contributed by atoms with Crippen molar-refractivity contribution in [3.05, 3.63) is 66.1 Å². The minimum absolute atomic E-state index is 0.00736. The molecule has 5 heteroatoms. The van der Waals surface area contributed by atoms with E-state index in [0.29, 0.717) is 11.3 Å². The van der Waals surface area contributed by atoms with Gasteiger partial charge in [-0.1, -0.05) is 37.3 Å². The molecule has 0 radical (unpaired) electrons. The molecule has 2 aromatic heterocycles. The standard InChI is InChI=1S/C19H20N4O/c1-19(15-7-3-2-4-8-15)10-6-12-22(14-19)18(24)16-13-23-17(21-16)9-5-11-20-23/h2-5,7-9,11,13H,6,10,12,14H2,1H3. The summed E-state index contributed by atoms with van der Waals surface area (Å²) >= 11 is 0.